The first-order chi connectivity index (χ1) is 6.68. The molecule has 0 amide bonds. The lowest BCUT2D eigenvalue weighted by Gasteiger charge is -2.12. The van der Waals surface area contributed by atoms with Crippen LogP contribution in [0.25, 0.3) is 10.9 Å². The highest BCUT2D eigenvalue weighted by molar-refractivity contribution is 8.16. The van der Waals surface area contributed by atoms with Gasteiger partial charge >= 0.3 is 0 Å². The summed E-state index contributed by atoms with van der Waals surface area (Å²) in [5, 5.41) is 10.6. The molecule has 1 aromatic carbocycles. The molecular weight excluding hydrogens is 194 g/mol. The molecule has 2 rings (SSSR count). The third-order valence-corrected chi connectivity index (χ3v) is 3.46. The second-order valence-electron chi connectivity index (χ2n) is 3.43. The molecule has 0 aliphatic heterocycles. The summed E-state index contributed by atoms with van der Waals surface area (Å²) < 4.78 is 0. The Hall–Kier alpha value is -1.22. The highest BCUT2D eigenvalue weighted by Crippen LogP contribution is 2.36. The summed E-state index contributed by atoms with van der Waals surface area (Å²) >= 11 is 0. The molecule has 2 aromatic rings. The lowest BCUT2D eigenvalue weighted by atomic mass is 10.2. The molecular formula is C11H13NOS. The Balaban J connectivity index is 2.80. The van der Waals surface area contributed by atoms with E-state index in [1.165, 1.54) is 0 Å². The smallest absolute Gasteiger partial charge is 0.117 e. The van der Waals surface area contributed by atoms with Gasteiger partial charge in [-0.2, -0.15) is 0 Å². The van der Waals surface area contributed by atoms with Gasteiger partial charge in [-0.15, -0.1) is 0 Å². The molecule has 0 bridgehead atoms. The number of fused-ring (bicyclic) bond motifs is 1. The van der Waals surface area contributed by atoms with Crippen molar-refractivity contribution in [1.29, 1.82) is 0 Å². The number of aromatic hydroxyl groups is 1. The van der Waals surface area contributed by atoms with E-state index < -0.39 is 0 Å². The molecule has 0 spiro atoms. The molecule has 0 aliphatic carbocycles. The molecule has 3 heteroatoms. The van der Waals surface area contributed by atoms with Crippen LogP contribution in [0.15, 0.2) is 35.4 Å². The Labute approximate surface area is 85.9 Å². The molecule has 0 unspecified atom stereocenters. The molecule has 0 radical (unpaired) electrons. The number of phenolic OH excluding ortho intramolecular Hbond substituents is 1. The molecule has 14 heavy (non-hydrogen) atoms. The van der Waals surface area contributed by atoms with Gasteiger partial charge in [-0.1, -0.05) is 6.07 Å². The van der Waals surface area contributed by atoms with Crippen molar-refractivity contribution in [1.82, 2.24) is 4.98 Å². The van der Waals surface area contributed by atoms with Gasteiger partial charge in [-0.05, 0) is 30.7 Å². The van der Waals surface area contributed by atoms with Crippen LogP contribution >= 0.6 is 10.9 Å². The van der Waals surface area contributed by atoms with Gasteiger partial charge in [0.25, 0.3) is 0 Å². The number of benzene rings is 1. The number of hydrogen-bond acceptors (Lipinski definition) is 2. The fraction of sp³-hybridized carbons (Fsp3) is 0.182. The first kappa shape index (κ1) is 9.34. The fourth-order valence-electron chi connectivity index (χ4n) is 1.50. The molecule has 74 valence electrons. The van der Waals surface area contributed by atoms with E-state index in [0.717, 1.165) is 15.8 Å². The highest BCUT2D eigenvalue weighted by atomic mass is 32.2. The summed E-state index contributed by atoms with van der Waals surface area (Å²) in [6.07, 6.45) is 6.12. The van der Waals surface area contributed by atoms with Gasteiger partial charge in [0.05, 0.1) is 5.52 Å². The van der Waals surface area contributed by atoms with Gasteiger partial charge in [0.1, 0.15) is 5.75 Å². The van der Waals surface area contributed by atoms with Crippen LogP contribution in [-0.2, 0) is 0 Å². The van der Waals surface area contributed by atoms with Gasteiger partial charge in [0.2, 0.25) is 0 Å². The lowest BCUT2D eigenvalue weighted by molar-refractivity contribution is 0.475. The average Bonchev–Trinajstić information content (AvgIpc) is 2.16. The Bertz CT molecular complexity index is 468. The van der Waals surface area contributed by atoms with E-state index in [1.54, 1.807) is 12.3 Å². The van der Waals surface area contributed by atoms with Crippen LogP contribution in [0.3, 0.4) is 0 Å². The number of phenols is 1. The summed E-state index contributed by atoms with van der Waals surface area (Å²) in [5.41, 5.74) is 1.02. The van der Waals surface area contributed by atoms with Crippen LogP contribution in [-0.4, -0.2) is 22.6 Å². The number of nitrogens with zero attached hydrogens (tertiary/aromatic N) is 1. The predicted molar refractivity (Wildman–Crippen MR) is 62.5 cm³/mol. The van der Waals surface area contributed by atoms with Crippen molar-refractivity contribution >= 4 is 21.8 Å². The number of aromatic nitrogens is 1. The predicted octanol–water partition coefficient (Wildman–Crippen LogP) is 2.56. The van der Waals surface area contributed by atoms with Crippen molar-refractivity contribution in [2.45, 2.75) is 4.90 Å². The second kappa shape index (κ2) is 3.50. The molecule has 0 fully saturated rings. The van der Waals surface area contributed by atoms with Crippen LogP contribution in [0.1, 0.15) is 0 Å². The Morgan fingerprint density at radius 3 is 2.79 bits per heavy atom. The third kappa shape index (κ3) is 1.55. The fourth-order valence-corrected chi connectivity index (χ4v) is 2.50. The number of thiol groups is 1. The summed E-state index contributed by atoms with van der Waals surface area (Å²) in [6.45, 7) is 0. The molecule has 1 heterocycles. The first-order valence-corrected chi connectivity index (χ1v) is 6.67. The largest absolute Gasteiger partial charge is 0.508 e. The Morgan fingerprint density at radius 2 is 2.07 bits per heavy atom. The topological polar surface area (TPSA) is 33.1 Å². The monoisotopic (exact) mass is 207 g/mol. The van der Waals surface area contributed by atoms with Crippen molar-refractivity contribution in [2.75, 3.05) is 12.5 Å². The van der Waals surface area contributed by atoms with Crippen LogP contribution in [0.4, 0.5) is 0 Å². The van der Waals surface area contributed by atoms with E-state index in [1.807, 2.05) is 18.2 Å². The van der Waals surface area contributed by atoms with Crippen molar-refractivity contribution < 1.29 is 5.11 Å². The molecule has 1 N–H and O–H groups in total. The Kier molecular flexibility index (Phi) is 2.33. The molecule has 0 aliphatic rings. The van der Waals surface area contributed by atoms with E-state index in [4.69, 9.17) is 0 Å². The standard InChI is InChI=1S/C11H13NOS/c1-14(2)10-7-9(13)6-8-4-3-5-12-11(8)10/h3-7,13-14H,1-2H3. The zero-order valence-electron chi connectivity index (χ0n) is 8.23. The molecule has 0 saturated heterocycles. The number of rotatable bonds is 1. The maximum absolute atomic E-state index is 9.54. The SMILES string of the molecule is C[SH](C)c1cc(O)cc2cccnc12. The molecule has 2 nitrogen and oxygen atoms in total. The second-order valence-corrected chi connectivity index (χ2v) is 5.71. The van der Waals surface area contributed by atoms with Crippen LogP contribution in [0.5, 0.6) is 5.75 Å². The molecule has 1 aromatic heterocycles. The van der Waals surface area contributed by atoms with Gasteiger partial charge in [0, 0.05) is 16.5 Å². The van der Waals surface area contributed by atoms with E-state index in [9.17, 15) is 5.11 Å². The minimum Gasteiger partial charge on any atom is -0.508 e. The minimum absolute atomic E-state index is 0.234. The van der Waals surface area contributed by atoms with Crippen molar-refractivity contribution in [3.63, 3.8) is 0 Å². The maximum atomic E-state index is 9.54. The summed E-state index contributed by atoms with van der Waals surface area (Å²) in [6, 6.07) is 7.44. The van der Waals surface area contributed by atoms with Gasteiger partial charge in [0.15, 0.2) is 0 Å². The quantitative estimate of drug-likeness (QED) is 0.704. The van der Waals surface area contributed by atoms with Gasteiger partial charge in [-0.25, -0.2) is 10.9 Å². The zero-order chi connectivity index (χ0) is 10.1. The van der Waals surface area contributed by atoms with E-state index >= 15 is 0 Å². The van der Waals surface area contributed by atoms with Crippen LogP contribution in [0.2, 0.25) is 0 Å². The van der Waals surface area contributed by atoms with Crippen LogP contribution in [0, 0.1) is 0 Å². The van der Waals surface area contributed by atoms with Crippen molar-refractivity contribution in [3.8, 4) is 5.75 Å². The van der Waals surface area contributed by atoms with Crippen LogP contribution < -0.4 is 0 Å². The molecule has 0 saturated carbocycles. The average molecular weight is 207 g/mol. The number of pyridine rings is 1. The first-order valence-electron chi connectivity index (χ1n) is 4.43. The normalized spacial score (nSPS) is 11.7. The van der Waals surface area contributed by atoms with Gasteiger partial charge < -0.3 is 5.11 Å². The van der Waals surface area contributed by atoms with E-state index in [0.29, 0.717) is 5.75 Å². The van der Waals surface area contributed by atoms with Crippen molar-refractivity contribution in [3.05, 3.63) is 30.5 Å². The minimum atomic E-state index is -0.234. The summed E-state index contributed by atoms with van der Waals surface area (Å²) in [5.74, 6) is 0.330. The summed E-state index contributed by atoms with van der Waals surface area (Å²) in [4.78, 5) is 5.51. The van der Waals surface area contributed by atoms with Crippen molar-refractivity contribution in [2.24, 2.45) is 0 Å². The highest BCUT2D eigenvalue weighted by Gasteiger charge is 2.05. The Morgan fingerprint density at radius 1 is 1.29 bits per heavy atom. The molecule has 0 atom stereocenters. The zero-order valence-corrected chi connectivity index (χ0v) is 9.12. The number of hydrogen-bond donors (Lipinski definition) is 2. The lowest BCUT2D eigenvalue weighted by Crippen LogP contribution is -1.85. The third-order valence-electron chi connectivity index (χ3n) is 2.15. The van der Waals surface area contributed by atoms with Gasteiger partial charge in [-0.3, -0.25) is 4.98 Å². The van der Waals surface area contributed by atoms with E-state index in [2.05, 4.69) is 17.5 Å². The van der Waals surface area contributed by atoms with E-state index in [-0.39, 0.29) is 10.9 Å². The maximum Gasteiger partial charge on any atom is 0.117 e. The summed E-state index contributed by atoms with van der Waals surface area (Å²) in [7, 11) is -0.234.